The van der Waals surface area contributed by atoms with Crippen LogP contribution < -0.4 is 0 Å². The molecule has 4 nitrogen and oxygen atoms in total. The summed E-state index contributed by atoms with van der Waals surface area (Å²) in [5.41, 5.74) is 2.70. The van der Waals surface area contributed by atoms with Gasteiger partial charge in [-0.3, -0.25) is 4.79 Å². The van der Waals surface area contributed by atoms with E-state index in [4.69, 9.17) is 0 Å². The molecule has 0 bridgehead atoms. The molecule has 0 atom stereocenters. The van der Waals surface area contributed by atoms with E-state index in [0.29, 0.717) is 18.8 Å². The van der Waals surface area contributed by atoms with Crippen molar-refractivity contribution in [3.63, 3.8) is 0 Å². The summed E-state index contributed by atoms with van der Waals surface area (Å²) >= 11 is 1.61. The van der Waals surface area contributed by atoms with E-state index in [1.54, 1.807) is 16.2 Å². The normalized spacial score (nSPS) is 10.8. The minimum Gasteiger partial charge on any atom is -0.395 e. The minimum absolute atomic E-state index is 0.0485. The zero-order valence-corrected chi connectivity index (χ0v) is 14.4. The minimum atomic E-state index is -0.0675. The molecule has 2 heterocycles. The Morgan fingerprint density at radius 3 is 2.58 bits per heavy atom. The predicted molar refractivity (Wildman–Crippen MR) is 97.0 cm³/mol. The standard InChI is InChI=1S/C19H20N2O2S/c1-20-17(15-6-3-2-4-7-15)9-10-18(20)19(23)21(11-12-22)14-16-8-5-13-24-16/h2-10,13,22H,11-12,14H2,1H3. The van der Waals surface area contributed by atoms with Gasteiger partial charge >= 0.3 is 0 Å². The third-order valence-electron chi connectivity index (χ3n) is 3.99. The lowest BCUT2D eigenvalue weighted by Gasteiger charge is -2.21. The second-order valence-corrected chi connectivity index (χ2v) is 6.59. The molecule has 3 rings (SSSR count). The summed E-state index contributed by atoms with van der Waals surface area (Å²) in [7, 11) is 1.90. The average Bonchev–Trinajstić information content (AvgIpc) is 3.24. The van der Waals surface area contributed by atoms with E-state index >= 15 is 0 Å². The highest BCUT2D eigenvalue weighted by Crippen LogP contribution is 2.23. The Hall–Kier alpha value is -2.37. The highest BCUT2D eigenvalue weighted by Gasteiger charge is 2.20. The van der Waals surface area contributed by atoms with Crippen molar-refractivity contribution in [1.29, 1.82) is 0 Å². The van der Waals surface area contributed by atoms with Gasteiger partial charge in [-0.25, -0.2) is 0 Å². The molecule has 1 N–H and O–H groups in total. The Labute approximate surface area is 145 Å². The summed E-state index contributed by atoms with van der Waals surface area (Å²) in [6, 6.07) is 17.8. The van der Waals surface area contributed by atoms with Crippen LogP contribution in [0.5, 0.6) is 0 Å². The van der Waals surface area contributed by atoms with Crippen LogP contribution in [0.15, 0.2) is 60.0 Å². The van der Waals surface area contributed by atoms with Gasteiger partial charge in [-0.15, -0.1) is 11.3 Å². The number of hydrogen-bond acceptors (Lipinski definition) is 3. The Morgan fingerprint density at radius 2 is 1.92 bits per heavy atom. The van der Waals surface area contributed by atoms with Crippen molar-refractivity contribution in [3.8, 4) is 11.3 Å². The molecular formula is C19H20N2O2S. The number of rotatable bonds is 6. The maximum Gasteiger partial charge on any atom is 0.270 e. The largest absolute Gasteiger partial charge is 0.395 e. The molecule has 124 valence electrons. The van der Waals surface area contributed by atoms with Crippen molar-refractivity contribution in [2.75, 3.05) is 13.2 Å². The molecular weight excluding hydrogens is 320 g/mol. The fraction of sp³-hybridized carbons (Fsp3) is 0.211. The lowest BCUT2D eigenvalue weighted by Crippen LogP contribution is -2.34. The molecule has 5 heteroatoms. The smallest absolute Gasteiger partial charge is 0.270 e. The van der Waals surface area contributed by atoms with Gasteiger partial charge in [0.15, 0.2) is 0 Å². The lowest BCUT2D eigenvalue weighted by atomic mass is 10.2. The molecule has 0 saturated heterocycles. The van der Waals surface area contributed by atoms with Gasteiger partial charge in [0.25, 0.3) is 5.91 Å². The SMILES string of the molecule is Cn1c(C(=O)N(CCO)Cc2cccs2)ccc1-c1ccccc1. The van der Waals surface area contributed by atoms with Crippen LogP contribution in [-0.2, 0) is 13.6 Å². The van der Waals surface area contributed by atoms with E-state index < -0.39 is 0 Å². The number of thiophene rings is 1. The molecule has 3 aromatic rings. The summed E-state index contributed by atoms with van der Waals surface area (Å²) in [6.45, 7) is 0.790. The Balaban J connectivity index is 1.86. The van der Waals surface area contributed by atoms with Crippen LogP contribution in [0, 0.1) is 0 Å². The van der Waals surface area contributed by atoms with Gasteiger partial charge in [0.05, 0.1) is 13.2 Å². The molecule has 1 amide bonds. The molecule has 0 aliphatic rings. The third kappa shape index (κ3) is 3.42. The molecule has 0 unspecified atom stereocenters. The predicted octanol–water partition coefficient (Wildman–Crippen LogP) is 3.39. The first-order valence-corrected chi connectivity index (χ1v) is 8.72. The number of aromatic nitrogens is 1. The van der Waals surface area contributed by atoms with Gasteiger partial charge in [0.1, 0.15) is 5.69 Å². The fourth-order valence-corrected chi connectivity index (χ4v) is 3.47. The van der Waals surface area contributed by atoms with Crippen molar-refractivity contribution >= 4 is 17.2 Å². The molecule has 1 aromatic carbocycles. The second kappa shape index (κ2) is 7.47. The number of nitrogens with zero attached hydrogens (tertiary/aromatic N) is 2. The summed E-state index contributed by atoms with van der Waals surface area (Å²) in [5.74, 6) is -0.0675. The maximum absolute atomic E-state index is 12.9. The van der Waals surface area contributed by atoms with Gasteiger partial charge in [-0.1, -0.05) is 36.4 Å². The van der Waals surface area contributed by atoms with Crippen molar-refractivity contribution in [3.05, 3.63) is 70.5 Å². The van der Waals surface area contributed by atoms with Crippen LogP contribution in [0.2, 0.25) is 0 Å². The van der Waals surface area contributed by atoms with Crippen molar-refractivity contribution in [2.45, 2.75) is 6.54 Å². The van der Waals surface area contributed by atoms with Crippen molar-refractivity contribution in [1.82, 2.24) is 9.47 Å². The summed E-state index contributed by atoms with van der Waals surface area (Å²) in [6.07, 6.45) is 0. The van der Waals surface area contributed by atoms with Crippen LogP contribution in [0.25, 0.3) is 11.3 Å². The molecule has 0 radical (unpaired) electrons. The highest BCUT2D eigenvalue weighted by atomic mass is 32.1. The molecule has 0 aliphatic heterocycles. The van der Waals surface area contributed by atoms with Crippen LogP contribution >= 0.6 is 11.3 Å². The number of amides is 1. The van der Waals surface area contributed by atoms with Gasteiger partial charge < -0.3 is 14.6 Å². The van der Waals surface area contributed by atoms with E-state index in [2.05, 4.69) is 0 Å². The van der Waals surface area contributed by atoms with Crippen LogP contribution in [0.4, 0.5) is 0 Å². The molecule has 0 saturated carbocycles. The monoisotopic (exact) mass is 340 g/mol. The Morgan fingerprint density at radius 1 is 1.12 bits per heavy atom. The van der Waals surface area contributed by atoms with Gasteiger partial charge in [0, 0.05) is 24.2 Å². The van der Waals surface area contributed by atoms with E-state index in [9.17, 15) is 9.90 Å². The average molecular weight is 340 g/mol. The second-order valence-electron chi connectivity index (χ2n) is 5.56. The molecule has 0 spiro atoms. The first kappa shape index (κ1) is 16.5. The lowest BCUT2D eigenvalue weighted by molar-refractivity contribution is 0.0700. The summed E-state index contributed by atoms with van der Waals surface area (Å²) in [4.78, 5) is 15.7. The zero-order chi connectivity index (χ0) is 16.9. The first-order chi connectivity index (χ1) is 11.7. The molecule has 0 aliphatic carbocycles. The number of benzene rings is 1. The van der Waals surface area contributed by atoms with Gasteiger partial charge in [-0.2, -0.15) is 0 Å². The maximum atomic E-state index is 12.9. The van der Waals surface area contributed by atoms with Crippen LogP contribution in [0.1, 0.15) is 15.4 Å². The quantitative estimate of drug-likeness (QED) is 0.748. The Bertz CT molecular complexity index is 794. The van der Waals surface area contributed by atoms with E-state index in [1.807, 2.05) is 71.6 Å². The summed E-state index contributed by atoms with van der Waals surface area (Å²) in [5, 5.41) is 11.3. The van der Waals surface area contributed by atoms with Crippen LogP contribution in [0.3, 0.4) is 0 Å². The number of carbonyl (C=O) groups is 1. The van der Waals surface area contributed by atoms with E-state index in [-0.39, 0.29) is 12.5 Å². The molecule has 2 aromatic heterocycles. The van der Waals surface area contributed by atoms with Crippen molar-refractivity contribution < 1.29 is 9.90 Å². The topological polar surface area (TPSA) is 45.5 Å². The van der Waals surface area contributed by atoms with Gasteiger partial charge in [-0.05, 0) is 29.1 Å². The highest BCUT2D eigenvalue weighted by molar-refractivity contribution is 7.09. The van der Waals surface area contributed by atoms with Crippen molar-refractivity contribution in [2.24, 2.45) is 7.05 Å². The number of aliphatic hydroxyl groups excluding tert-OH is 1. The fourth-order valence-electron chi connectivity index (χ4n) is 2.75. The summed E-state index contributed by atoms with van der Waals surface area (Å²) < 4.78 is 1.91. The van der Waals surface area contributed by atoms with Gasteiger partial charge in [0.2, 0.25) is 0 Å². The van der Waals surface area contributed by atoms with E-state index in [0.717, 1.165) is 16.1 Å². The van der Waals surface area contributed by atoms with E-state index in [1.165, 1.54) is 0 Å². The molecule has 24 heavy (non-hydrogen) atoms. The number of hydrogen-bond donors (Lipinski definition) is 1. The first-order valence-electron chi connectivity index (χ1n) is 7.84. The zero-order valence-electron chi connectivity index (χ0n) is 13.6. The third-order valence-corrected chi connectivity index (χ3v) is 4.86. The molecule has 0 fully saturated rings. The number of carbonyl (C=O) groups excluding carboxylic acids is 1. The number of aliphatic hydroxyl groups is 1. The van der Waals surface area contributed by atoms with Crippen LogP contribution in [-0.4, -0.2) is 33.6 Å². The Kier molecular flexibility index (Phi) is 5.13.